The molecule has 0 amide bonds. The van der Waals surface area contributed by atoms with E-state index in [-0.39, 0.29) is 6.04 Å². The zero-order chi connectivity index (χ0) is 10.0. The van der Waals surface area contributed by atoms with Crippen molar-refractivity contribution in [2.24, 2.45) is 5.73 Å². The first-order chi connectivity index (χ1) is 6.02. The molecule has 1 heteroatoms. The van der Waals surface area contributed by atoms with Crippen LogP contribution in [0.4, 0.5) is 0 Å². The van der Waals surface area contributed by atoms with Crippen LogP contribution in [0.1, 0.15) is 49.4 Å². The number of rotatable bonds is 2. The van der Waals surface area contributed by atoms with Crippen molar-refractivity contribution >= 4 is 0 Å². The number of hydrogen-bond acceptors (Lipinski definition) is 1. The minimum Gasteiger partial charge on any atom is -0.324 e. The Morgan fingerprint density at radius 1 is 1.15 bits per heavy atom. The standard InChI is InChI=1S/C12H19N/c1-8(2)12-7-11(10(4)13)6-5-9(12)3/h5-8,10H,13H2,1-4H3. The molecule has 0 fully saturated rings. The highest BCUT2D eigenvalue weighted by atomic mass is 14.6. The van der Waals surface area contributed by atoms with Gasteiger partial charge in [0.25, 0.3) is 0 Å². The molecular formula is C12H19N. The van der Waals surface area contributed by atoms with Crippen molar-refractivity contribution in [2.45, 2.75) is 39.7 Å². The van der Waals surface area contributed by atoms with Crippen molar-refractivity contribution in [1.82, 2.24) is 0 Å². The molecule has 1 nitrogen and oxygen atoms in total. The van der Waals surface area contributed by atoms with Crippen LogP contribution >= 0.6 is 0 Å². The Morgan fingerprint density at radius 3 is 2.23 bits per heavy atom. The van der Waals surface area contributed by atoms with Gasteiger partial charge in [-0.25, -0.2) is 0 Å². The molecule has 0 spiro atoms. The maximum absolute atomic E-state index is 5.83. The van der Waals surface area contributed by atoms with Gasteiger partial charge in [-0.05, 0) is 36.5 Å². The molecule has 0 aliphatic rings. The molecule has 0 aliphatic carbocycles. The van der Waals surface area contributed by atoms with Crippen molar-refractivity contribution in [1.29, 1.82) is 0 Å². The fraction of sp³-hybridized carbons (Fsp3) is 0.500. The van der Waals surface area contributed by atoms with Gasteiger partial charge >= 0.3 is 0 Å². The Labute approximate surface area is 81.0 Å². The Hall–Kier alpha value is -0.820. The van der Waals surface area contributed by atoms with E-state index in [1.54, 1.807) is 0 Å². The van der Waals surface area contributed by atoms with Crippen LogP contribution in [0, 0.1) is 6.92 Å². The lowest BCUT2D eigenvalue weighted by molar-refractivity contribution is 0.800. The van der Waals surface area contributed by atoms with E-state index in [0.29, 0.717) is 5.92 Å². The van der Waals surface area contributed by atoms with Crippen LogP contribution in [0.2, 0.25) is 0 Å². The smallest absolute Gasteiger partial charge is 0.0266 e. The average Bonchev–Trinajstić information content (AvgIpc) is 2.04. The fourth-order valence-corrected chi connectivity index (χ4v) is 1.56. The summed E-state index contributed by atoms with van der Waals surface area (Å²) in [6.45, 7) is 8.61. The number of nitrogens with two attached hydrogens (primary N) is 1. The molecule has 0 aromatic heterocycles. The Kier molecular flexibility index (Phi) is 3.10. The lowest BCUT2D eigenvalue weighted by atomic mass is 9.94. The van der Waals surface area contributed by atoms with Crippen molar-refractivity contribution in [3.8, 4) is 0 Å². The van der Waals surface area contributed by atoms with Crippen LogP contribution in [0.25, 0.3) is 0 Å². The average molecular weight is 177 g/mol. The molecule has 1 aromatic rings. The van der Waals surface area contributed by atoms with Crippen molar-refractivity contribution in [2.75, 3.05) is 0 Å². The third-order valence-corrected chi connectivity index (χ3v) is 2.45. The van der Waals surface area contributed by atoms with Gasteiger partial charge in [0.2, 0.25) is 0 Å². The second-order valence-electron chi connectivity index (χ2n) is 4.06. The molecular weight excluding hydrogens is 158 g/mol. The van der Waals surface area contributed by atoms with E-state index in [1.165, 1.54) is 16.7 Å². The minimum absolute atomic E-state index is 0.137. The molecule has 0 heterocycles. The largest absolute Gasteiger partial charge is 0.324 e. The highest BCUT2D eigenvalue weighted by Crippen LogP contribution is 2.22. The third-order valence-electron chi connectivity index (χ3n) is 2.45. The van der Waals surface area contributed by atoms with Gasteiger partial charge in [0.1, 0.15) is 0 Å². The van der Waals surface area contributed by atoms with Gasteiger partial charge in [0.15, 0.2) is 0 Å². The first kappa shape index (κ1) is 10.3. The van der Waals surface area contributed by atoms with Crippen molar-refractivity contribution in [3.63, 3.8) is 0 Å². The van der Waals surface area contributed by atoms with Gasteiger partial charge in [-0.3, -0.25) is 0 Å². The van der Waals surface area contributed by atoms with Crippen molar-refractivity contribution < 1.29 is 0 Å². The highest BCUT2D eigenvalue weighted by molar-refractivity contribution is 5.34. The first-order valence-electron chi connectivity index (χ1n) is 4.88. The minimum atomic E-state index is 0.137. The van der Waals surface area contributed by atoms with E-state index in [9.17, 15) is 0 Å². The van der Waals surface area contributed by atoms with Gasteiger partial charge < -0.3 is 5.73 Å². The Morgan fingerprint density at radius 2 is 1.77 bits per heavy atom. The number of aryl methyl sites for hydroxylation is 1. The lowest BCUT2D eigenvalue weighted by Gasteiger charge is -2.13. The summed E-state index contributed by atoms with van der Waals surface area (Å²) in [6.07, 6.45) is 0. The lowest BCUT2D eigenvalue weighted by Crippen LogP contribution is -2.06. The zero-order valence-corrected chi connectivity index (χ0v) is 8.96. The Balaban J connectivity index is 3.11. The maximum Gasteiger partial charge on any atom is 0.0266 e. The molecule has 0 saturated heterocycles. The predicted molar refractivity (Wildman–Crippen MR) is 57.9 cm³/mol. The molecule has 0 radical (unpaired) electrons. The van der Waals surface area contributed by atoms with E-state index < -0.39 is 0 Å². The molecule has 13 heavy (non-hydrogen) atoms. The SMILES string of the molecule is Cc1ccc(C(C)N)cc1C(C)C. The summed E-state index contributed by atoms with van der Waals surface area (Å²) in [4.78, 5) is 0. The summed E-state index contributed by atoms with van der Waals surface area (Å²) < 4.78 is 0. The van der Waals surface area contributed by atoms with Crippen LogP contribution < -0.4 is 5.73 Å². The normalized spacial score (nSPS) is 13.4. The summed E-state index contributed by atoms with van der Waals surface area (Å²) in [5, 5.41) is 0. The molecule has 0 bridgehead atoms. The van der Waals surface area contributed by atoms with Gasteiger partial charge in [-0.1, -0.05) is 32.0 Å². The fourth-order valence-electron chi connectivity index (χ4n) is 1.56. The summed E-state index contributed by atoms with van der Waals surface area (Å²) in [7, 11) is 0. The second kappa shape index (κ2) is 3.93. The van der Waals surface area contributed by atoms with Crippen molar-refractivity contribution in [3.05, 3.63) is 34.9 Å². The van der Waals surface area contributed by atoms with E-state index >= 15 is 0 Å². The van der Waals surface area contributed by atoms with E-state index in [4.69, 9.17) is 5.73 Å². The first-order valence-corrected chi connectivity index (χ1v) is 4.88. The summed E-state index contributed by atoms with van der Waals surface area (Å²) in [5.41, 5.74) is 9.84. The summed E-state index contributed by atoms with van der Waals surface area (Å²) in [6, 6.07) is 6.64. The maximum atomic E-state index is 5.83. The molecule has 1 unspecified atom stereocenters. The molecule has 72 valence electrons. The third kappa shape index (κ3) is 2.31. The van der Waals surface area contributed by atoms with E-state index in [0.717, 1.165) is 0 Å². The van der Waals surface area contributed by atoms with E-state index in [1.807, 2.05) is 6.92 Å². The molecule has 1 aromatic carbocycles. The summed E-state index contributed by atoms with van der Waals surface area (Å²) in [5.74, 6) is 0.582. The van der Waals surface area contributed by atoms with Crippen LogP contribution in [0.15, 0.2) is 18.2 Å². The van der Waals surface area contributed by atoms with Gasteiger partial charge in [0.05, 0.1) is 0 Å². The molecule has 1 rings (SSSR count). The van der Waals surface area contributed by atoms with Gasteiger partial charge in [-0.15, -0.1) is 0 Å². The van der Waals surface area contributed by atoms with Crippen LogP contribution in [0.5, 0.6) is 0 Å². The quantitative estimate of drug-likeness (QED) is 0.738. The monoisotopic (exact) mass is 177 g/mol. The van der Waals surface area contributed by atoms with Gasteiger partial charge in [-0.2, -0.15) is 0 Å². The Bertz CT molecular complexity index is 287. The molecule has 2 N–H and O–H groups in total. The summed E-state index contributed by atoms with van der Waals surface area (Å²) >= 11 is 0. The van der Waals surface area contributed by atoms with E-state index in [2.05, 4.69) is 39.0 Å². The topological polar surface area (TPSA) is 26.0 Å². The zero-order valence-electron chi connectivity index (χ0n) is 8.96. The number of benzene rings is 1. The van der Waals surface area contributed by atoms with Gasteiger partial charge in [0, 0.05) is 6.04 Å². The highest BCUT2D eigenvalue weighted by Gasteiger charge is 2.06. The second-order valence-corrected chi connectivity index (χ2v) is 4.06. The van der Waals surface area contributed by atoms with Crippen LogP contribution in [0.3, 0.4) is 0 Å². The molecule has 0 saturated carbocycles. The predicted octanol–water partition coefficient (Wildman–Crippen LogP) is 3.14. The van der Waals surface area contributed by atoms with Crippen LogP contribution in [-0.2, 0) is 0 Å². The number of hydrogen-bond donors (Lipinski definition) is 1. The molecule has 0 aliphatic heterocycles. The van der Waals surface area contributed by atoms with Crippen LogP contribution in [-0.4, -0.2) is 0 Å². The molecule has 1 atom stereocenters.